The zero-order chi connectivity index (χ0) is 12.0. The highest BCUT2D eigenvalue weighted by atomic mass is 16.4. The van der Waals surface area contributed by atoms with Gasteiger partial charge in [-0.3, -0.25) is 4.79 Å². The van der Waals surface area contributed by atoms with E-state index in [1.807, 2.05) is 0 Å². The molecule has 0 aliphatic carbocycles. The summed E-state index contributed by atoms with van der Waals surface area (Å²) in [5.74, 6) is -0.968. The van der Waals surface area contributed by atoms with Gasteiger partial charge in [-0.25, -0.2) is 0 Å². The highest BCUT2D eigenvalue weighted by molar-refractivity contribution is 5.68. The van der Waals surface area contributed by atoms with Crippen LogP contribution in [0.5, 0.6) is 0 Å². The van der Waals surface area contributed by atoms with Crippen LogP contribution in [0.15, 0.2) is 12.1 Å². The average molecular weight is 209 g/mol. The molecule has 0 unspecified atom stereocenters. The number of aliphatic carboxylic acids is 1. The molecule has 0 aliphatic rings. The number of carboxylic acid groups (broad SMARTS) is 1. The van der Waals surface area contributed by atoms with Crippen LogP contribution in [0.1, 0.15) is 22.3 Å². The fourth-order valence-corrected chi connectivity index (χ4v) is 1.09. The Hall–Kier alpha value is -1.35. The summed E-state index contributed by atoms with van der Waals surface area (Å²) >= 11 is 0. The molecule has 1 rings (SSSR count). The minimum Gasteiger partial charge on any atom is -0.480 e. The van der Waals surface area contributed by atoms with Gasteiger partial charge in [0.1, 0.15) is 0 Å². The molecule has 15 heavy (non-hydrogen) atoms. The zero-order valence-corrected chi connectivity index (χ0v) is 9.79. The molecule has 3 nitrogen and oxygen atoms in total. The molecule has 0 aliphatic heterocycles. The number of hydrogen-bond donors (Lipinski definition) is 2. The topological polar surface area (TPSA) is 63.3 Å². The van der Waals surface area contributed by atoms with Crippen LogP contribution < -0.4 is 5.73 Å². The lowest BCUT2D eigenvalue weighted by molar-refractivity contribution is -0.135. The minimum absolute atomic E-state index is 0.278. The number of aryl methyl sites for hydroxylation is 2. The molecule has 0 amide bonds. The van der Waals surface area contributed by atoms with Crippen LogP contribution in [0, 0.1) is 27.7 Å². The molecule has 0 saturated heterocycles. The van der Waals surface area contributed by atoms with Gasteiger partial charge in [-0.05, 0) is 49.9 Å². The van der Waals surface area contributed by atoms with E-state index in [1.54, 1.807) is 0 Å². The molecule has 3 heteroatoms. The van der Waals surface area contributed by atoms with Crippen LogP contribution in [-0.2, 0) is 4.79 Å². The summed E-state index contributed by atoms with van der Waals surface area (Å²) in [7, 11) is 0. The number of benzene rings is 1. The van der Waals surface area contributed by atoms with Crippen molar-refractivity contribution < 1.29 is 9.90 Å². The van der Waals surface area contributed by atoms with Crippen molar-refractivity contribution in [3.05, 3.63) is 34.4 Å². The first-order valence-corrected chi connectivity index (χ1v) is 4.85. The van der Waals surface area contributed by atoms with Gasteiger partial charge in [-0.2, -0.15) is 0 Å². The van der Waals surface area contributed by atoms with Gasteiger partial charge >= 0.3 is 5.97 Å². The Kier molecular flexibility index (Phi) is 5.64. The predicted molar refractivity (Wildman–Crippen MR) is 62.1 cm³/mol. The van der Waals surface area contributed by atoms with Crippen molar-refractivity contribution in [3.8, 4) is 0 Å². The third-order valence-corrected chi connectivity index (χ3v) is 2.50. The fourth-order valence-electron chi connectivity index (χ4n) is 1.09. The third-order valence-electron chi connectivity index (χ3n) is 2.50. The van der Waals surface area contributed by atoms with E-state index >= 15 is 0 Å². The molecule has 84 valence electrons. The maximum Gasteiger partial charge on any atom is 0.317 e. The van der Waals surface area contributed by atoms with E-state index in [4.69, 9.17) is 5.11 Å². The quantitative estimate of drug-likeness (QED) is 0.743. The van der Waals surface area contributed by atoms with Crippen molar-refractivity contribution in [1.82, 2.24) is 0 Å². The highest BCUT2D eigenvalue weighted by Gasteiger charge is 1.97. The summed E-state index contributed by atoms with van der Waals surface area (Å²) < 4.78 is 0. The monoisotopic (exact) mass is 209 g/mol. The van der Waals surface area contributed by atoms with Crippen molar-refractivity contribution in [1.29, 1.82) is 0 Å². The zero-order valence-electron chi connectivity index (χ0n) is 9.79. The van der Waals surface area contributed by atoms with Crippen LogP contribution in [-0.4, -0.2) is 17.6 Å². The van der Waals surface area contributed by atoms with E-state index in [1.165, 1.54) is 22.3 Å². The molecule has 1 aromatic carbocycles. The Bertz CT molecular complexity index is 319. The summed E-state index contributed by atoms with van der Waals surface area (Å²) in [6.07, 6.45) is 0. The van der Waals surface area contributed by atoms with Gasteiger partial charge in [-0.1, -0.05) is 12.1 Å². The molecule has 0 aromatic heterocycles. The van der Waals surface area contributed by atoms with Gasteiger partial charge in [0.15, 0.2) is 0 Å². The first kappa shape index (κ1) is 13.7. The van der Waals surface area contributed by atoms with E-state index in [0.717, 1.165) is 0 Å². The standard InChI is InChI=1S/C10H14.C2H5NO2/c1-7-5-6-8(2)10(4)9(7)3;3-1-2(4)5/h5-6H,1-4H3;1,3H2,(H,4,5). The Balaban J connectivity index is 0.000000336. The van der Waals surface area contributed by atoms with Crippen molar-refractivity contribution >= 4 is 5.97 Å². The molecular weight excluding hydrogens is 190 g/mol. The number of hydrogen-bond acceptors (Lipinski definition) is 2. The van der Waals surface area contributed by atoms with E-state index in [-0.39, 0.29) is 6.54 Å². The van der Waals surface area contributed by atoms with Gasteiger partial charge in [0.2, 0.25) is 0 Å². The van der Waals surface area contributed by atoms with Gasteiger partial charge in [0.05, 0.1) is 6.54 Å². The highest BCUT2D eigenvalue weighted by Crippen LogP contribution is 2.15. The summed E-state index contributed by atoms with van der Waals surface area (Å²) in [4.78, 5) is 9.24. The van der Waals surface area contributed by atoms with Crippen molar-refractivity contribution in [3.63, 3.8) is 0 Å². The van der Waals surface area contributed by atoms with Crippen LogP contribution in [0.2, 0.25) is 0 Å². The lowest BCUT2D eigenvalue weighted by Crippen LogP contribution is -2.10. The fraction of sp³-hybridized carbons (Fsp3) is 0.417. The predicted octanol–water partition coefficient (Wildman–Crippen LogP) is 1.95. The average Bonchev–Trinajstić information content (AvgIpc) is 2.21. The summed E-state index contributed by atoms with van der Waals surface area (Å²) in [5.41, 5.74) is 10.2. The Labute approximate surface area is 90.9 Å². The van der Waals surface area contributed by atoms with Gasteiger partial charge in [0, 0.05) is 0 Å². The lowest BCUT2D eigenvalue weighted by atomic mass is 10.0. The molecule has 0 radical (unpaired) electrons. The molecule has 0 spiro atoms. The molecular formula is C12H19NO2. The molecule has 0 heterocycles. The summed E-state index contributed by atoms with van der Waals surface area (Å²) in [6.45, 7) is 8.39. The second-order valence-electron chi connectivity index (χ2n) is 3.55. The Morgan fingerprint density at radius 3 is 1.60 bits per heavy atom. The van der Waals surface area contributed by atoms with Crippen LogP contribution in [0.3, 0.4) is 0 Å². The van der Waals surface area contributed by atoms with Gasteiger partial charge in [-0.15, -0.1) is 0 Å². The first-order chi connectivity index (χ1) is 6.90. The minimum atomic E-state index is -0.968. The van der Waals surface area contributed by atoms with Gasteiger partial charge < -0.3 is 10.8 Å². The SMILES string of the molecule is Cc1ccc(C)c(C)c1C.NCC(=O)O. The molecule has 0 bridgehead atoms. The van der Waals surface area contributed by atoms with Crippen LogP contribution in [0.4, 0.5) is 0 Å². The van der Waals surface area contributed by atoms with E-state index in [9.17, 15) is 4.79 Å². The molecule has 0 atom stereocenters. The summed E-state index contributed by atoms with van der Waals surface area (Å²) in [5, 5.41) is 7.60. The number of carbonyl (C=O) groups is 1. The van der Waals surface area contributed by atoms with Crippen LogP contribution >= 0.6 is 0 Å². The maximum absolute atomic E-state index is 9.24. The van der Waals surface area contributed by atoms with Crippen LogP contribution in [0.25, 0.3) is 0 Å². The van der Waals surface area contributed by atoms with Crippen molar-refractivity contribution in [2.75, 3.05) is 6.54 Å². The molecule has 3 N–H and O–H groups in total. The van der Waals surface area contributed by atoms with Crippen molar-refractivity contribution in [2.45, 2.75) is 27.7 Å². The summed E-state index contributed by atoms with van der Waals surface area (Å²) in [6, 6.07) is 4.36. The second-order valence-corrected chi connectivity index (χ2v) is 3.55. The number of nitrogens with two attached hydrogens (primary N) is 1. The lowest BCUT2D eigenvalue weighted by Gasteiger charge is -2.06. The van der Waals surface area contributed by atoms with E-state index in [2.05, 4.69) is 45.6 Å². The maximum atomic E-state index is 9.24. The second kappa shape index (κ2) is 6.19. The van der Waals surface area contributed by atoms with E-state index < -0.39 is 5.97 Å². The normalized spacial score (nSPS) is 9.13. The number of carboxylic acids is 1. The molecule has 0 saturated carbocycles. The first-order valence-electron chi connectivity index (χ1n) is 4.85. The van der Waals surface area contributed by atoms with Gasteiger partial charge in [0.25, 0.3) is 0 Å². The van der Waals surface area contributed by atoms with E-state index in [0.29, 0.717) is 0 Å². The van der Waals surface area contributed by atoms with Crippen molar-refractivity contribution in [2.24, 2.45) is 5.73 Å². The largest absolute Gasteiger partial charge is 0.480 e. The Morgan fingerprint density at radius 1 is 1.13 bits per heavy atom. The molecule has 1 aromatic rings. The number of rotatable bonds is 1. The third kappa shape index (κ3) is 4.61. The smallest absolute Gasteiger partial charge is 0.317 e. The molecule has 0 fully saturated rings. The Morgan fingerprint density at radius 2 is 1.40 bits per heavy atom.